The van der Waals surface area contributed by atoms with Crippen LogP contribution < -0.4 is 10.1 Å². The van der Waals surface area contributed by atoms with Crippen molar-refractivity contribution in [1.82, 2.24) is 10.2 Å². The molecule has 2 rings (SSSR count). The molecular formula is C14H22N2O. The third kappa shape index (κ3) is 2.99. The van der Waals surface area contributed by atoms with E-state index < -0.39 is 0 Å². The average molecular weight is 234 g/mol. The largest absolute Gasteiger partial charge is 0.496 e. The fraction of sp³-hybridized carbons (Fsp3) is 0.571. The van der Waals surface area contributed by atoms with Crippen molar-refractivity contribution in [3.05, 3.63) is 29.8 Å². The molecule has 1 aromatic rings. The minimum atomic E-state index is 0.351. The van der Waals surface area contributed by atoms with Crippen molar-refractivity contribution >= 4 is 0 Å². The van der Waals surface area contributed by atoms with Crippen LogP contribution in [0.2, 0.25) is 0 Å². The summed E-state index contributed by atoms with van der Waals surface area (Å²) in [6.07, 6.45) is 2.67. The molecule has 0 aliphatic carbocycles. The number of likely N-dealkylation sites (tertiary alicyclic amines) is 1. The number of hydrogen-bond acceptors (Lipinski definition) is 3. The molecule has 1 aromatic carbocycles. The summed E-state index contributed by atoms with van der Waals surface area (Å²) < 4.78 is 5.43. The van der Waals surface area contributed by atoms with Crippen LogP contribution in [0, 0.1) is 0 Å². The van der Waals surface area contributed by atoms with Gasteiger partial charge in [-0.2, -0.15) is 0 Å². The summed E-state index contributed by atoms with van der Waals surface area (Å²) in [6, 6.07) is 8.63. The molecule has 1 N–H and O–H groups in total. The fourth-order valence-corrected chi connectivity index (χ4v) is 2.52. The van der Waals surface area contributed by atoms with Crippen LogP contribution in [-0.4, -0.2) is 38.7 Å². The summed E-state index contributed by atoms with van der Waals surface area (Å²) in [5.41, 5.74) is 1.25. The maximum Gasteiger partial charge on any atom is 0.123 e. The van der Waals surface area contributed by atoms with E-state index in [1.54, 1.807) is 7.11 Å². The van der Waals surface area contributed by atoms with E-state index in [0.29, 0.717) is 6.04 Å². The predicted octanol–water partition coefficient (Wildman–Crippen LogP) is 2.05. The van der Waals surface area contributed by atoms with Gasteiger partial charge in [0.1, 0.15) is 5.75 Å². The average Bonchev–Trinajstić information content (AvgIpc) is 2.89. The van der Waals surface area contributed by atoms with E-state index in [0.717, 1.165) is 12.3 Å². The Labute approximate surface area is 104 Å². The molecule has 0 amide bonds. The molecule has 0 aromatic heterocycles. The van der Waals surface area contributed by atoms with E-state index in [4.69, 9.17) is 4.74 Å². The summed E-state index contributed by atoms with van der Waals surface area (Å²) in [6.45, 7) is 3.53. The molecular weight excluding hydrogens is 212 g/mol. The highest BCUT2D eigenvalue weighted by molar-refractivity contribution is 5.36. The van der Waals surface area contributed by atoms with Crippen LogP contribution in [0.5, 0.6) is 5.75 Å². The first-order valence-corrected chi connectivity index (χ1v) is 6.37. The minimum absolute atomic E-state index is 0.351. The Morgan fingerprint density at radius 1 is 1.29 bits per heavy atom. The summed E-state index contributed by atoms with van der Waals surface area (Å²) in [7, 11) is 3.76. The first-order chi connectivity index (χ1) is 8.35. The van der Waals surface area contributed by atoms with Gasteiger partial charge in [0.15, 0.2) is 0 Å². The number of nitrogens with one attached hydrogen (secondary N) is 1. The van der Waals surface area contributed by atoms with Crippen LogP contribution in [0.1, 0.15) is 24.4 Å². The van der Waals surface area contributed by atoms with Gasteiger partial charge in [-0.05, 0) is 39.0 Å². The lowest BCUT2D eigenvalue weighted by molar-refractivity contribution is 0.294. The van der Waals surface area contributed by atoms with Gasteiger partial charge in [0.2, 0.25) is 0 Å². The monoisotopic (exact) mass is 234 g/mol. The van der Waals surface area contributed by atoms with Crippen LogP contribution in [-0.2, 0) is 0 Å². The van der Waals surface area contributed by atoms with E-state index in [1.165, 1.54) is 31.5 Å². The van der Waals surface area contributed by atoms with Crippen LogP contribution >= 0.6 is 0 Å². The lowest BCUT2D eigenvalue weighted by atomic mass is 10.1. The van der Waals surface area contributed by atoms with Crippen molar-refractivity contribution in [3.8, 4) is 5.75 Å². The number of likely N-dealkylation sites (N-methyl/N-ethyl adjacent to an activating group) is 1. The summed E-state index contributed by atoms with van der Waals surface area (Å²) in [4.78, 5) is 2.52. The first-order valence-electron chi connectivity index (χ1n) is 6.37. The number of para-hydroxylation sites is 1. The molecule has 1 aliphatic rings. The van der Waals surface area contributed by atoms with E-state index in [9.17, 15) is 0 Å². The highest BCUT2D eigenvalue weighted by Gasteiger charge is 2.19. The van der Waals surface area contributed by atoms with Crippen LogP contribution in [0.15, 0.2) is 24.3 Å². The third-order valence-corrected chi connectivity index (χ3v) is 3.50. The molecule has 1 saturated heterocycles. The van der Waals surface area contributed by atoms with Gasteiger partial charge in [0.25, 0.3) is 0 Å². The molecule has 1 heterocycles. The maximum atomic E-state index is 5.43. The number of rotatable bonds is 5. The van der Waals surface area contributed by atoms with E-state index in [-0.39, 0.29) is 0 Å². The zero-order valence-corrected chi connectivity index (χ0v) is 10.8. The normalized spacial score (nSPS) is 18.2. The second-order valence-electron chi connectivity index (χ2n) is 4.59. The second-order valence-corrected chi connectivity index (χ2v) is 4.59. The molecule has 3 heteroatoms. The Kier molecular flexibility index (Phi) is 4.40. The Hall–Kier alpha value is -1.06. The van der Waals surface area contributed by atoms with Gasteiger partial charge in [-0.3, -0.25) is 0 Å². The first kappa shape index (κ1) is 12.4. The number of hydrogen-bond donors (Lipinski definition) is 1. The van der Waals surface area contributed by atoms with E-state index in [2.05, 4.69) is 22.3 Å². The van der Waals surface area contributed by atoms with Crippen LogP contribution in [0.25, 0.3) is 0 Å². The standard InChI is InChI=1S/C14H22N2O/c1-15-13(11-16-9-5-6-10-16)12-7-3-4-8-14(12)17-2/h3-4,7-8,13,15H,5-6,9-11H2,1-2H3. The van der Waals surface area contributed by atoms with Crippen molar-refractivity contribution in [1.29, 1.82) is 0 Å². The van der Waals surface area contributed by atoms with Gasteiger partial charge in [0, 0.05) is 18.2 Å². The SMILES string of the molecule is CNC(CN1CCCC1)c1ccccc1OC. The molecule has 1 aliphatic heterocycles. The number of benzene rings is 1. The molecule has 94 valence electrons. The van der Waals surface area contributed by atoms with Crippen molar-refractivity contribution in [2.45, 2.75) is 18.9 Å². The van der Waals surface area contributed by atoms with Gasteiger partial charge in [0.05, 0.1) is 7.11 Å². The Bertz CT molecular complexity index is 348. The minimum Gasteiger partial charge on any atom is -0.496 e. The van der Waals surface area contributed by atoms with Crippen LogP contribution in [0.3, 0.4) is 0 Å². The Morgan fingerprint density at radius 2 is 2.00 bits per heavy atom. The number of nitrogens with zero attached hydrogens (tertiary/aromatic N) is 1. The van der Waals surface area contributed by atoms with Crippen molar-refractivity contribution < 1.29 is 4.74 Å². The highest BCUT2D eigenvalue weighted by Crippen LogP contribution is 2.26. The highest BCUT2D eigenvalue weighted by atomic mass is 16.5. The van der Waals surface area contributed by atoms with Gasteiger partial charge in [-0.25, -0.2) is 0 Å². The summed E-state index contributed by atoms with van der Waals surface area (Å²) in [5, 5.41) is 3.40. The number of ether oxygens (including phenoxy) is 1. The molecule has 1 atom stereocenters. The summed E-state index contributed by atoms with van der Waals surface area (Å²) >= 11 is 0. The zero-order chi connectivity index (χ0) is 12.1. The van der Waals surface area contributed by atoms with Crippen molar-refractivity contribution in [2.75, 3.05) is 33.8 Å². The van der Waals surface area contributed by atoms with Crippen molar-refractivity contribution in [3.63, 3.8) is 0 Å². The second kappa shape index (κ2) is 6.03. The smallest absolute Gasteiger partial charge is 0.123 e. The molecule has 0 spiro atoms. The van der Waals surface area contributed by atoms with Crippen molar-refractivity contribution in [2.24, 2.45) is 0 Å². The lowest BCUT2D eigenvalue weighted by Gasteiger charge is -2.24. The predicted molar refractivity (Wildman–Crippen MR) is 70.5 cm³/mol. The molecule has 1 unspecified atom stereocenters. The van der Waals surface area contributed by atoms with Gasteiger partial charge in [-0.15, -0.1) is 0 Å². The maximum absolute atomic E-state index is 5.43. The molecule has 0 bridgehead atoms. The molecule has 3 nitrogen and oxygen atoms in total. The Morgan fingerprint density at radius 3 is 2.65 bits per heavy atom. The molecule has 0 radical (unpaired) electrons. The third-order valence-electron chi connectivity index (χ3n) is 3.50. The summed E-state index contributed by atoms with van der Waals surface area (Å²) in [5.74, 6) is 0.978. The lowest BCUT2D eigenvalue weighted by Crippen LogP contribution is -2.32. The van der Waals surface area contributed by atoms with Gasteiger partial charge >= 0.3 is 0 Å². The topological polar surface area (TPSA) is 24.5 Å². The van der Waals surface area contributed by atoms with E-state index in [1.807, 2.05) is 19.2 Å². The molecule has 1 fully saturated rings. The molecule has 17 heavy (non-hydrogen) atoms. The zero-order valence-electron chi connectivity index (χ0n) is 10.8. The quantitative estimate of drug-likeness (QED) is 0.844. The fourth-order valence-electron chi connectivity index (χ4n) is 2.52. The van der Waals surface area contributed by atoms with Gasteiger partial charge in [-0.1, -0.05) is 18.2 Å². The van der Waals surface area contributed by atoms with E-state index >= 15 is 0 Å². The number of methoxy groups -OCH3 is 1. The Balaban J connectivity index is 2.10. The van der Waals surface area contributed by atoms with Gasteiger partial charge < -0.3 is 15.0 Å². The van der Waals surface area contributed by atoms with Crippen LogP contribution in [0.4, 0.5) is 0 Å². The molecule has 0 saturated carbocycles.